The Morgan fingerprint density at radius 1 is 1.14 bits per heavy atom. The summed E-state index contributed by atoms with van der Waals surface area (Å²) in [5, 5.41) is 19.7. The molecular weight excluding hydrogens is 358 g/mol. The molecule has 2 rings (SSSR count). The summed E-state index contributed by atoms with van der Waals surface area (Å²) in [6.45, 7) is 3.44. The zero-order chi connectivity index (χ0) is 20.7. The van der Waals surface area contributed by atoms with Crippen LogP contribution in [-0.4, -0.2) is 29.4 Å². The molecule has 0 spiro atoms. The summed E-state index contributed by atoms with van der Waals surface area (Å²) < 4.78 is 5.25. The minimum atomic E-state index is -0.925. The summed E-state index contributed by atoms with van der Waals surface area (Å²) in [5.41, 5.74) is 9.75. The number of hydrogen-bond donors (Lipinski definition) is 3. The minimum absolute atomic E-state index is 0.255. The van der Waals surface area contributed by atoms with Gasteiger partial charge in [0.05, 0.1) is 11.3 Å². The van der Waals surface area contributed by atoms with Crippen molar-refractivity contribution in [2.45, 2.75) is 20.0 Å². The van der Waals surface area contributed by atoms with Gasteiger partial charge >= 0.3 is 5.97 Å². The van der Waals surface area contributed by atoms with Crippen molar-refractivity contribution in [1.82, 2.24) is 0 Å². The molecule has 2 aromatic rings. The molecule has 0 aliphatic rings. The number of carbonyl (C=O) groups is 2. The molecule has 0 aliphatic carbocycles. The zero-order valence-corrected chi connectivity index (χ0v) is 15.4. The summed E-state index contributed by atoms with van der Waals surface area (Å²) in [5.74, 6) is -1.37. The van der Waals surface area contributed by atoms with Crippen LogP contribution in [0.2, 0.25) is 0 Å². The standard InChI is InChI=1S/C20H19N5O3/c1-12-3-5-14(6-4-12)18(26)13(2)28-20(27)15-7-9-16(10-8-15)24-25-17(11-21)19(22)23/h3-10,13,24H,1-2H3,(H3,22,23)/b25-17+. The van der Waals surface area contributed by atoms with Gasteiger partial charge in [-0.1, -0.05) is 29.8 Å². The highest BCUT2D eigenvalue weighted by Crippen LogP contribution is 2.13. The number of nitriles is 1. The van der Waals surface area contributed by atoms with Gasteiger partial charge in [-0.05, 0) is 38.1 Å². The normalized spacial score (nSPS) is 11.8. The van der Waals surface area contributed by atoms with Crippen molar-refractivity contribution in [1.29, 1.82) is 10.7 Å². The topological polar surface area (TPSA) is 141 Å². The second-order valence-electron chi connectivity index (χ2n) is 5.95. The molecule has 0 radical (unpaired) electrons. The predicted octanol–water partition coefficient (Wildman–Crippen LogP) is 2.65. The third-order valence-electron chi connectivity index (χ3n) is 3.77. The van der Waals surface area contributed by atoms with Gasteiger partial charge in [0.25, 0.3) is 0 Å². The maximum absolute atomic E-state index is 12.4. The number of amidine groups is 1. The van der Waals surface area contributed by atoms with Gasteiger partial charge in [-0.25, -0.2) is 4.79 Å². The Kier molecular flexibility index (Phi) is 6.60. The average molecular weight is 377 g/mol. The molecule has 0 aromatic heterocycles. The summed E-state index contributed by atoms with van der Waals surface area (Å²) >= 11 is 0. The van der Waals surface area contributed by atoms with Gasteiger partial charge < -0.3 is 10.5 Å². The van der Waals surface area contributed by atoms with Crippen molar-refractivity contribution in [3.63, 3.8) is 0 Å². The molecule has 2 aromatic carbocycles. The van der Waals surface area contributed by atoms with Crippen LogP contribution >= 0.6 is 0 Å². The van der Waals surface area contributed by atoms with Crippen LogP contribution in [0.5, 0.6) is 0 Å². The fraction of sp³-hybridized carbons (Fsp3) is 0.150. The first-order valence-corrected chi connectivity index (χ1v) is 8.32. The highest BCUT2D eigenvalue weighted by molar-refractivity contribution is 6.45. The van der Waals surface area contributed by atoms with Crippen LogP contribution in [0.3, 0.4) is 0 Å². The van der Waals surface area contributed by atoms with E-state index in [1.165, 1.54) is 19.1 Å². The average Bonchev–Trinajstić information content (AvgIpc) is 2.68. The van der Waals surface area contributed by atoms with Crippen LogP contribution in [0.1, 0.15) is 33.2 Å². The molecule has 4 N–H and O–H groups in total. The Morgan fingerprint density at radius 2 is 1.71 bits per heavy atom. The fourth-order valence-corrected chi connectivity index (χ4v) is 2.18. The Labute approximate surface area is 162 Å². The molecule has 142 valence electrons. The Morgan fingerprint density at radius 3 is 2.25 bits per heavy atom. The number of carbonyl (C=O) groups excluding carboxylic acids is 2. The number of ether oxygens (including phenoxy) is 1. The van der Waals surface area contributed by atoms with Gasteiger partial charge in [0.15, 0.2) is 11.9 Å². The van der Waals surface area contributed by atoms with Crippen LogP contribution in [0, 0.1) is 23.7 Å². The van der Waals surface area contributed by atoms with Crippen molar-refractivity contribution >= 4 is 29.0 Å². The number of nitrogens with zero attached hydrogens (tertiary/aromatic N) is 2. The van der Waals surface area contributed by atoms with Crippen molar-refractivity contribution < 1.29 is 14.3 Å². The van der Waals surface area contributed by atoms with Gasteiger partial charge in [-0.3, -0.25) is 15.6 Å². The molecule has 8 nitrogen and oxygen atoms in total. The number of nitrogens with one attached hydrogen (secondary N) is 2. The molecule has 28 heavy (non-hydrogen) atoms. The SMILES string of the molecule is Cc1ccc(C(=O)C(C)OC(=O)c2ccc(N/N=C(\C#N)C(=N)N)cc2)cc1. The highest BCUT2D eigenvalue weighted by atomic mass is 16.5. The smallest absolute Gasteiger partial charge is 0.338 e. The third kappa shape index (κ3) is 5.25. The Bertz CT molecular complexity index is 957. The predicted molar refractivity (Wildman–Crippen MR) is 105 cm³/mol. The first-order chi connectivity index (χ1) is 13.3. The number of ketones is 1. The van der Waals surface area contributed by atoms with Gasteiger partial charge in [0.2, 0.25) is 11.5 Å². The number of rotatable bonds is 7. The molecule has 1 atom stereocenters. The molecule has 0 saturated heterocycles. The fourth-order valence-electron chi connectivity index (χ4n) is 2.18. The summed E-state index contributed by atoms with van der Waals surface area (Å²) in [4.78, 5) is 24.6. The quantitative estimate of drug-likeness (QED) is 0.223. The van der Waals surface area contributed by atoms with E-state index >= 15 is 0 Å². The first kappa shape index (κ1) is 20.3. The minimum Gasteiger partial charge on any atom is -0.451 e. The van der Waals surface area contributed by atoms with Crippen molar-refractivity contribution in [3.05, 3.63) is 65.2 Å². The van der Waals surface area contributed by atoms with Gasteiger partial charge in [0, 0.05) is 5.56 Å². The van der Waals surface area contributed by atoms with Crippen LogP contribution in [-0.2, 0) is 4.74 Å². The lowest BCUT2D eigenvalue weighted by Gasteiger charge is -2.13. The second kappa shape index (κ2) is 9.09. The number of aryl methyl sites for hydroxylation is 1. The molecule has 0 saturated carbocycles. The van der Waals surface area contributed by atoms with E-state index < -0.39 is 17.9 Å². The van der Waals surface area contributed by atoms with Crippen molar-refractivity contribution in [2.75, 3.05) is 5.43 Å². The molecular formula is C20H19N5O3. The molecule has 0 heterocycles. The second-order valence-corrected chi connectivity index (χ2v) is 5.95. The lowest BCUT2D eigenvalue weighted by atomic mass is 10.1. The van der Waals surface area contributed by atoms with E-state index in [2.05, 4.69) is 10.5 Å². The van der Waals surface area contributed by atoms with Crippen LogP contribution in [0.15, 0.2) is 53.6 Å². The number of hydrogen-bond acceptors (Lipinski definition) is 7. The number of esters is 1. The number of hydrazone groups is 1. The van der Waals surface area contributed by atoms with Crippen LogP contribution in [0.4, 0.5) is 5.69 Å². The zero-order valence-electron chi connectivity index (χ0n) is 15.4. The van der Waals surface area contributed by atoms with Gasteiger partial charge in [0.1, 0.15) is 6.07 Å². The summed E-state index contributed by atoms with van der Waals surface area (Å²) in [7, 11) is 0. The highest BCUT2D eigenvalue weighted by Gasteiger charge is 2.20. The van der Waals surface area contributed by atoms with E-state index in [1.807, 2.05) is 19.1 Å². The monoisotopic (exact) mass is 377 g/mol. The van der Waals surface area contributed by atoms with E-state index in [-0.39, 0.29) is 17.1 Å². The maximum atomic E-state index is 12.4. The van der Waals surface area contributed by atoms with E-state index in [1.54, 1.807) is 30.3 Å². The molecule has 0 fully saturated rings. The summed E-state index contributed by atoms with van der Waals surface area (Å²) in [6.07, 6.45) is -0.925. The first-order valence-electron chi connectivity index (χ1n) is 8.32. The van der Waals surface area contributed by atoms with Crippen LogP contribution < -0.4 is 11.2 Å². The van der Waals surface area contributed by atoms with Crippen molar-refractivity contribution in [3.8, 4) is 6.07 Å². The number of Topliss-reactive ketones (excluding diaryl/α,β-unsaturated/α-hetero) is 1. The molecule has 8 heteroatoms. The van der Waals surface area contributed by atoms with E-state index in [4.69, 9.17) is 21.1 Å². The lowest BCUT2D eigenvalue weighted by Crippen LogP contribution is -2.24. The Balaban J connectivity index is 2.00. The van der Waals surface area contributed by atoms with Gasteiger partial charge in [-0.2, -0.15) is 10.4 Å². The summed E-state index contributed by atoms with van der Waals surface area (Å²) in [6, 6.07) is 14.8. The third-order valence-corrected chi connectivity index (χ3v) is 3.77. The largest absolute Gasteiger partial charge is 0.451 e. The molecule has 0 amide bonds. The van der Waals surface area contributed by atoms with Gasteiger partial charge in [-0.15, -0.1) is 0 Å². The van der Waals surface area contributed by atoms with E-state index in [0.717, 1.165) is 5.56 Å². The number of nitrogens with two attached hydrogens (primary N) is 1. The molecule has 1 unspecified atom stereocenters. The number of benzene rings is 2. The lowest BCUT2D eigenvalue weighted by molar-refractivity contribution is 0.0319. The number of anilines is 1. The van der Waals surface area contributed by atoms with E-state index in [0.29, 0.717) is 11.3 Å². The maximum Gasteiger partial charge on any atom is 0.338 e. The molecule has 0 aliphatic heterocycles. The molecule has 0 bridgehead atoms. The van der Waals surface area contributed by atoms with Crippen LogP contribution in [0.25, 0.3) is 0 Å². The van der Waals surface area contributed by atoms with E-state index in [9.17, 15) is 9.59 Å². The Hall–Kier alpha value is -3.99. The van der Waals surface area contributed by atoms with Crippen molar-refractivity contribution in [2.24, 2.45) is 10.8 Å².